The molecule has 0 saturated heterocycles. The fraction of sp³-hybridized carbons (Fsp3) is 0.333. The maximum atomic E-state index is 12.1. The van der Waals surface area contributed by atoms with Crippen molar-refractivity contribution in [2.45, 2.75) is 13.0 Å². The average molecular weight is 289 g/mol. The first-order chi connectivity index (χ1) is 9.99. The van der Waals surface area contributed by atoms with Crippen LogP contribution in [-0.2, 0) is 0 Å². The molecule has 0 aromatic carbocycles. The van der Waals surface area contributed by atoms with E-state index in [4.69, 9.17) is 4.42 Å². The van der Waals surface area contributed by atoms with E-state index in [0.29, 0.717) is 6.54 Å². The molecule has 21 heavy (non-hydrogen) atoms. The minimum absolute atomic E-state index is 0.0894. The number of H-pyrrole nitrogens is 1. The number of aromatic amines is 1. The molecule has 2 aromatic rings. The molecule has 0 aliphatic carbocycles. The number of likely N-dealkylation sites (N-methyl/N-ethyl adjacent to an activating group) is 1. The van der Waals surface area contributed by atoms with Crippen LogP contribution in [0.5, 0.6) is 0 Å². The lowest BCUT2D eigenvalue weighted by Crippen LogP contribution is -2.36. The van der Waals surface area contributed by atoms with Gasteiger partial charge in [-0.1, -0.05) is 0 Å². The van der Waals surface area contributed by atoms with E-state index < -0.39 is 5.91 Å². The van der Waals surface area contributed by atoms with E-state index >= 15 is 0 Å². The number of furan rings is 1. The van der Waals surface area contributed by atoms with Gasteiger partial charge >= 0.3 is 0 Å². The summed E-state index contributed by atoms with van der Waals surface area (Å²) < 4.78 is 5.37. The normalized spacial score (nSPS) is 12.4. The molecule has 1 amide bonds. The minimum atomic E-state index is -0.394. The van der Waals surface area contributed by atoms with Crippen molar-refractivity contribution in [3.8, 4) is 0 Å². The largest absolute Gasteiger partial charge is 0.468 e. The van der Waals surface area contributed by atoms with Gasteiger partial charge in [0, 0.05) is 12.2 Å². The Hall–Kier alpha value is -2.34. The van der Waals surface area contributed by atoms with E-state index in [0.717, 1.165) is 11.5 Å². The van der Waals surface area contributed by atoms with E-state index in [1.165, 1.54) is 6.07 Å². The highest BCUT2D eigenvalue weighted by Gasteiger charge is 2.19. The zero-order valence-corrected chi connectivity index (χ0v) is 12.3. The van der Waals surface area contributed by atoms with Gasteiger partial charge in [0.05, 0.1) is 12.3 Å². The van der Waals surface area contributed by atoms with Crippen LogP contribution < -0.4 is 10.9 Å². The maximum Gasteiger partial charge on any atom is 0.260 e. The monoisotopic (exact) mass is 289 g/mol. The van der Waals surface area contributed by atoms with Crippen molar-refractivity contribution in [3.63, 3.8) is 0 Å². The lowest BCUT2D eigenvalue weighted by atomic mass is 10.2. The summed E-state index contributed by atoms with van der Waals surface area (Å²) in [6, 6.07) is 6.80. The van der Waals surface area contributed by atoms with Crippen molar-refractivity contribution in [2.24, 2.45) is 0 Å². The number of aromatic nitrogens is 1. The van der Waals surface area contributed by atoms with Crippen molar-refractivity contribution in [3.05, 3.63) is 57.9 Å². The van der Waals surface area contributed by atoms with Crippen LogP contribution in [0.2, 0.25) is 0 Å². The van der Waals surface area contributed by atoms with Crippen LogP contribution in [0.25, 0.3) is 0 Å². The highest BCUT2D eigenvalue weighted by atomic mass is 16.3. The van der Waals surface area contributed by atoms with Crippen molar-refractivity contribution < 1.29 is 9.21 Å². The third-order valence-electron chi connectivity index (χ3n) is 3.25. The number of amides is 1. The molecule has 0 fully saturated rings. The molecule has 2 heterocycles. The topological polar surface area (TPSA) is 78.3 Å². The van der Waals surface area contributed by atoms with Crippen molar-refractivity contribution in [1.29, 1.82) is 0 Å². The van der Waals surface area contributed by atoms with Crippen molar-refractivity contribution in [1.82, 2.24) is 15.2 Å². The van der Waals surface area contributed by atoms with Gasteiger partial charge in [0.15, 0.2) is 0 Å². The molecule has 2 aromatic heterocycles. The molecule has 0 aliphatic heterocycles. The Labute approximate surface area is 122 Å². The predicted molar refractivity (Wildman–Crippen MR) is 79.3 cm³/mol. The molecule has 0 aliphatic rings. The average Bonchev–Trinajstić information content (AvgIpc) is 2.92. The molecule has 2 N–H and O–H groups in total. The number of carbonyl (C=O) groups is 1. The standard InChI is InChI=1S/C15H19N3O3/c1-10-6-7-11(15(20)17-10)14(19)16-9-12(18(2)3)13-5-4-8-21-13/h4-8,12H,9H2,1-3H3,(H,16,19)(H,17,20). The van der Waals surface area contributed by atoms with Gasteiger partial charge in [-0.3, -0.25) is 14.5 Å². The van der Waals surface area contributed by atoms with Gasteiger partial charge in [0.1, 0.15) is 11.3 Å². The third-order valence-corrected chi connectivity index (χ3v) is 3.25. The number of nitrogens with one attached hydrogen (secondary N) is 2. The Morgan fingerprint density at radius 1 is 1.38 bits per heavy atom. The second-order valence-electron chi connectivity index (χ2n) is 5.09. The van der Waals surface area contributed by atoms with Gasteiger partial charge in [-0.15, -0.1) is 0 Å². The molecule has 6 nitrogen and oxygen atoms in total. The highest BCUT2D eigenvalue weighted by Crippen LogP contribution is 2.17. The quantitative estimate of drug-likeness (QED) is 0.870. The Kier molecular flexibility index (Phi) is 4.59. The van der Waals surface area contributed by atoms with Crippen LogP contribution in [-0.4, -0.2) is 36.4 Å². The maximum absolute atomic E-state index is 12.1. The Balaban J connectivity index is 2.07. The number of rotatable bonds is 5. The molecule has 6 heteroatoms. The number of pyridine rings is 1. The first-order valence-electron chi connectivity index (χ1n) is 6.67. The predicted octanol–water partition coefficient (Wildman–Crippen LogP) is 1.31. The molecule has 0 saturated carbocycles. The fourth-order valence-electron chi connectivity index (χ4n) is 2.05. The second kappa shape index (κ2) is 6.41. The lowest BCUT2D eigenvalue weighted by molar-refractivity contribution is 0.0937. The summed E-state index contributed by atoms with van der Waals surface area (Å²) in [7, 11) is 3.80. The number of aryl methyl sites for hydroxylation is 1. The molecule has 2 rings (SSSR count). The molecule has 0 bridgehead atoms. The molecular weight excluding hydrogens is 270 g/mol. The summed E-state index contributed by atoms with van der Waals surface area (Å²) in [6.07, 6.45) is 1.60. The smallest absolute Gasteiger partial charge is 0.260 e. The highest BCUT2D eigenvalue weighted by molar-refractivity contribution is 5.93. The SMILES string of the molecule is Cc1ccc(C(=O)NCC(c2ccco2)N(C)C)c(=O)[nH]1. The summed E-state index contributed by atoms with van der Waals surface area (Å²) in [5.74, 6) is 0.368. The van der Waals surface area contributed by atoms with E-state index in [1.54, 1.807) is 25.3 Å². The summed E-state index contributed by atoms with van der Waals surface area (Å²) in [6.45, 7) is 2.12. The van der Waals surface area contributed by atoms with Gasteiger partial charge in [-0.2, -0.15) is 0 Å². The summed E-state index contributed by atoms with van der Waals surface area (Å²) in [5, 5.41) is 2.77. The first-order valence-corrected chi connectivity index (χ1v) is 6.67. The molecule has 112 valence electrons. The zero-order chi connectivity index (χ0) is 15.4. The summed E-state index contributed by atoms with van der Waals surface area (Å²) in [5.41, 5.74) is 0.447. The van der Waals surface area contributed by atoms with E-state index in [9.17, 15) is 9.59 Å². The van der Waals surface area contributed by atoms with Crippen molar-refractivity contribution in [2.75, 3.05) is 20.6 Å². The van der Waals surface area contributed by atoms with Gasteiger partial charge < -0.3 is 14.7 Å². The van der Waals surface area contributed by atoms with Crippen LogP contribution >= 0.6 is 0 Å². The van der Waals surface area contributed by atoms with Crippen LogP contribution in [0.1, 0.15) is 27.9 Å². The lowest BCUT2D eigenvalue weighted by Gasteiger charge is -2.22. The van der Waals surface area contributed by atoms with Crippen LogP contribution in [0.4, 0.5) is 0 Å². The van der Waals surface area contributed by atoms with Crippen LogP contribution in [0.15, 0.2) is 39.7 Å². The third kappa shape index (κ3) is 3.61. The van der Waals surface area contributed by atoms with Gasteiger partial charge in [0.2, 0.25) is 0 Å². The van der Waals surface area contributed by atoms with Crippen LogP contribution in [0.3, 0.4) is 0 Å². The number of hydrogen-bond donors (Lipinski definition) is 2. The summed E-state index contributed by atoms with van der Waals surface area (Å²) >= 11 is 0. The number of hydrogen-bond acceptors (Lipinski definition) is 4. The number of nitrogens with zero attached hydrogens (tertiary/aromatic N) is 1. The Bertz CT molecular complexity index is 659. The molecule has 1 unspecified atom stereocenters. The molecular formula is C15H19N3O3. The van der Waals surface area contributed by atoms with Gasteiger partial charge in [-0.05, 0) is 45.3 Å². The van der Waals surface area contributed by atoms with E-state index in [-0.39, 0.29) is 17.2 Å². The Morgan fingerprint density at radius 2 is 2.14 bits per heavy atom. The first kappa shape index (κ1) is 15.1. The zero-order valence-electron chi connectivity index (χ0n) is 12.3. The molecule has 0 radical (unpaired) electrons. The second-order valence-corrected chi connectivity index (χ2v) is 5.09. The molecule has 1 atom stereocenters. The summed E-state index contributed by atoms with van der Waals surface area (Å²) in [4.78, 5) is 28.4. The fourth-order valence-corrected chi connectivity index (χ4v) is 2.05. The minimum Gasteiger partial charge on any atom is -0.468 e. The Morgan fingerprint density at radius 3 is 2.71 bits per heavy atom. The van der Waals surface area contributed by atoms with E-state index in [1.807, 2.05) is 25.1 Å². The van der Waals surface area contributed by atoms with Crippen LogP contribution in [0, 0.1) is 6.92 Å². The van der Waals surface area contributed by atoms with Gasteiger partial charge in [0.25, 0.3) is 11.5 Å². The van der Waals surface area contributed by atoms with E-state index in [2.05, 4.69) is 10.3 Å². The number of carbonyl (C=O) groups excluding carboxylic acids is 1. The van der Waals surface area contributed by atoms with Gasteiger partial charge in [-0.25, -0.2) is 0 Å². The van der Waals surface area contributed by atoms with Crippen molar-refractivity contribution >= 4 is 5.91 Å². The molecule has 0 spiro atoms.